The summed E-state index contributed by atoms with van der Waals surface area (Å²) in [6, 6.07) is 1.97. The molecule has 0 amide bonds. The molecular formula is C19H34N6O3S. The molecule has 1 aromatic heterocycles. The first-order chi connectivity index (χ1) is 13.9. The first-order valence-electron chi connectivity index (χ1n) is 10.6. The van der Waals surface area contributed by atoms with Crippen molar-refractivity contribution >= 4 is 16.0 Å². The average molecular weight is 427 g/mol. The summed E-state index contributed by atoms with van der Waals surface area (Å²) in [6.45, 7) is 9.78. The number of sulfonamides is 1. The van der Waals surface area contributed by atoms with Gasteiger partial charge in [-0.05, 0) is 32.6 Å². The monoisotopic (exact) mass is 426 g/mol. The Labute approximate surface area is 173 Å². The van der Waals surface area contributed by atoms with Crippen LogP contribution in [0, 0.1) is 12.8 Å². The minimum atomic E-state index is -3.26. The third-order valence-electron chi connectivity index (χ3n) is 5.51. The molecule has 2 fully saturated rings. The molecule has 164 valence electrons. The summed E-state index contributed by atoms with van der Waals surface area (Å²) in [5, 5.41) is 7.35. The zero-order valence-electron chi connectivity index (χ0n) is 17.6. The van der Waals surface area contributed by atoms with E-state index in [1.807, 2.05) is 19.9 Å². The lowest BCUT2D eigenvalue weighted by atomic mass is 9.86. The van der Waals surface area contributed by atoms with Gasteiger partial charge in [0.25, 0.3) is 0 Å². The van der Waals surface area contributed by atoms with Gasteiger partial charge in [0, 0.05) is 51.9 Å². The molecule has 0 radical (unpaired) electrons. The van der Waals surface area contributed by atoms with Gasteiger partial charge in [0.2, 0.25) is 10.0 Å². The molecule has 1 aliphatic heterocycles. The largest absolute Gasteiger partial charge is 0.361 e. The number of guanidine groups is 1. The first kappa shape index (κ1) is 22.0. The standard InChI is InChI=1S/C19H34N6O3S/c1-3-20-19(21-7-12-29(26,27)22-14-17-5-4-6-17)25-10-8-24(9-11-25)15-18-13-16(2)28-23-18/h13,17,22H,3-12,14-15H2,1-2H3,(H,20,21). The Morgan fingerprint density at radius 1 is 1.31 bits per heavy atom. The van der Waals surface area contributed by atoms with E-state index < -0.39 is 10.0 Å². The molecule has 9 nitrogen and oxygen atoms in total. The lowest BCUT2D eigenvalue weighted by molar-refractivity contribution is 0.169. The summed E-state index contributed by atoms with van der Waals surface area (Å²) in [6.07, 6.45) is 3.48. The van der Waals surface area contributed by atoms with Crippen molar-refractivity contribution in [3.63, 3.8) is 0 Å². The van der Waals surface area contributed by atoms with E-state index in [1.54, 1.807) is 0 Å². The van der Waals surface area contributed by atoms with Gasteiger partial charge in [-0.15, -0.1) is 0 Å². The lowest BCUT2D eigenvalue weighted by Gasteiger charge is -2.36. The minimum absolute atomic E-state index is 0.0279. The van der Waals surface area contributed by atoms with Gasteiger partial charge >= 0.3 is 0 Å². The molecule has 1 aliphatic carbocycles. The molecule has 1 saturated carbocycles. The third kappa shape index (κ3) is 6.97. The molecular weight excluding hydrogens is 392 g/mol. The van der Waals surface area contributed by atoms with Crippen molar-refractivity contribution in [1.29, 1.82) is 0 Å². The van der Waals surface area contributed by atoms with Crippen LogP contribution >= 0.6 is 0 Å². The first-order valence-corrected chi connectivity index (χ1v) is 12.3. The Morgan fingerprint density at radius 2 is 2.07 bits per heavy atom. The second-order valence-corrected chi connectivity index (χ2v) is 9.82. The molecule has 0 unspecified atom stereocenters. The molecule has 2 N–H and O–H groups in total. The summed E-state index contributed by atoms with van der Waals surface area (Å²) < 4.78 is 32.2. The highest BCUT2D eigenvalue weighted by molar-refractivity contribution is 7.89. The van der Waals surface area contributed by atoms with Gasteiger partial charge in [-0.25, -0.2) is 13.1 Å². The average Bonchev–Trinajstić information content (AvgIpc) is 3.05. The number of aliphatic imine (C=N–C) groups is 1. The van der Waals surface area contributed by atoms with E-state index >= 15 is 0 Å². The molecule has 0 spiro atoms. The Hall–Kier alpha value is -1.65. The van der Waals surface area contributed by atoms with Gasteiger partial charge in [0.05, 0.1) is 18.0 Å². The predicted molar refractivity (Wildman–Crippen MR) is 113 cm³/mol. The van der Waals surface area contributed by atoms with E-state index in [9.17, 15) is 8.42 Å². The number of hydrogen-bond donors (Lipinski definition) is 2. The molecule has 0 atom stereocenters. The Kier molecular flexibility index (Phi) is 7.91. The maximum atomic E-state index is 12.2. The van der Waals surface area contributed by atoms with E-state index in [4.69, 9.17) is 4.52 Å². The van der Waals surface area contributed by atoms with Crippen LogP contribution in [0.4, 0.5) is 0 Å². The van der Waals surface area contributed by atoms with Crippen LogP contribution < -0.4 is 10.0 Å². The number of rotatable bonds is 9. The van der Waals surface area contributed by atoms with E-state index in [2.05, 4.69) is 30.0 Å². The van der Waals surface area contributed by atoms with Crippen molar-refractivity contribution < 1.29 is 12.9 Å². The molecule has 10 heteroatoms. The van der Waals surface area contributed by atoms with Gasteiger partial charge in [-0.3, -0.25) is 9.89 Å². The van der Waals surface area contributed by atoms with Crippen molar-refractivity contribution in [1.82, 2.24) is 25.0 Å². The number of piperazine rings is 1. The second-order valence-electron chi connectivity index (χ2n) is 7.89. The van der Waals surface area contributed by atoms with Gasteiger partial charge in [0.1, 0.15) is 5.76 Å². The Bertz CT molecular complexity index is 767. The van der Waals surface area contributed by atoms with E-state index in [1.165, 1.54) is 6.42 Å². The second kappa shape index (κ2) is 10.4. The molecule has 29 heavy (non-hydrogen) atoms. The van der Waals surface area contributed by atoms with Crippen LogP contribution in [-0.4, -0.2) is 80.9 Å². The normalized spacial score (nSPS) is 19.4. The SMILES string of the molecule is CCNC(=NCCS(=O)(=O)NCC1CCC1)N1CCN(Cc2cc(C)on2)CC1. The maximum absolute atomic E-state index is 12.2. The molecule has 0 bridgehead atoms. The Morgan fingerprint density at radius 3 is 2.66 bits per heavy atom. The fraction of sp³-hybridized carbons (Fsp3) is 0.789. The van der Waals surface area contributed by atoms with Crippen molar-refractivity contribution in [3.05, 3.63) is 17.5 Å². The molecule has 3 rings (SSSR count). The summed E-state index contributed by atoms with van der Waals surface area (Å²) in [5.41, 5.74) is 0.955. The quantitative estimate of drug-likeness (QED) is 0.444. The van der Waals surface area contributed by atoms with Gasteiger partial charge in [-0.2, -0.15) is 0 Å². The van der Waals surface area contributed by atoms with E-state index in [0.717, 1.165) is 69.5 Å². The van der Waals surface area contributed by atoms with Crippen LogP contribution in [0.5, 0.6) is 0 Å². The maximum Gasteiger partial charge on any atom is 0.213 e. The minimum Gasteiger partial charge on any atom is -0.361 e. The van der Waals surface area contributed by atoms with Crippen molar-refractivity contribution in [2.75, 3.05) is 51.6 Å². The van der Waals surface area contributed by atoms with Crippen LogP contribution in [0.3, 0.4) is 0 Å². The topological polar surface area (TPSA) is 103 Å². The summed E-state index contributed by atoms with van der Waals surface area (Å²) in [5.74, 6) is 2.17. The highest BCUT2D eigenvalue weighted by Crippen LogP contribution is 2.25. The lowest BCUT2D eigenvalue weighted by Crippen LogP contribution is -2.52. The predicted octanol–water partition coefficient (Wildman–Crippen LogP) is 0.786. The summed E-state index contributed by atoms with van der Waals surface area (Å²) in [4.78, 5) is 9.10. The van der Waals surface area contributed by atoms with Crippen LogP contribution in [0.25, 0.3) is 0 Å². The molecule has 1 aromatic rings. The summed E-state index contributed by atoms with van der Waals surface area (Å²) >= 11 is 0. The van der Waals surface area contributed by atoms with E-state index in [0.29, 0.717) is 12.5 Å². The molecule has 1 saturated heterocycles. The fourth-order valence-electron chi connectivity index (χ4n) is 3.55. The van der Waals surface area contributed by atoms with Gasteiger partial charge < -0.3 is 14.7 Å². The molecule has 2 aliphatic rings. The summed E-state index contributed by atoms with van der Waals surface area (Å²) in [7, 11) is -3.26. The van der Waals surface area contributed by atoms with Crippen LogP contribution in [0.2, 0.25) is 0 Å². The van der Waals surface area contributed by atoms with Crippen molar-refractivity contribution in [2.24, 2.45) is 10.9 Å². The molecule has 0 aromatic carbocycles. The van der Waals surface area contributed by atoms with Crippen LogP contribution in [0.15, 0.2) is 15.6 Å². The number of aryl methyl sites for hydroxylation is 1. The highest BCUT2D eigenvalue weighted by atomic mass is 32.2. The van der Waals surface area contributed by atoms with Crippen molar-refractivity contribution in [3.8, 4) is 0 Å². The number of nitrogens with one attached hydrogen (secondary N) is 2. The van der Waals surface area contributed by atoms with Gasteiger partial charge in [-0.1, -0.05) is 11.6 Å². The zero-order chi connectivity index (χ0) is 20.7. The molecule has 2 heterocycles. The van der Waals surface area contributed by atoms with Crippen LogP contribution in [0.1, 0.15) is 37.6 Å². The van der Waals surface area contributed by atoms with Gasteiger partial charge in [0.15, 0.2) is 5.96 Å². The number of nitrogens with zero attached hydrogens (tertiary/aromatic N) is 4. The fourth-order valence-corrected chi connectivity index (χ4v) is 4.52. The van der Waals surface area contributed by atoms with Crippen LogP contribution in [-0.2, 0) is 16.6 Å². The Balaban J connectivity index is 1.44. The zero-order valence-corrected chi connectivity index (χ0v) is 18.4. The highest BCUT2D eigenvalue weighted by Gasteiger charge is 2.22. The smallest absolute Gasteiger partial charge is 0.213 e. The van der Waals surface area contributed by atoms with Crippen molar-refractivity contribution in [2.45, 2.75) is 39.7 Å². The number of aromatic nitrogens is 1. The van der Waals surface area contributed by atoms with E-state index in [-0.39, 0.29) is 12.3 Å². The number of hydrogen-bond acceptors (Lipinski definition) is 6. The third-order valence-corrected chi connectivity index (χ3v) is 6.83.